The predicted molar refractivity (Wildman–Crippen MR) is 88.0 cm³/mol. The fraction of sp³-hybridized carbons (Fsp3) is 0.353. The molecule has 1 N–H and O–H groups in total. The number of rotatable bonds is 4. The Morgan fingerprint density at radius 3 is 2.67 bits per heavy atom. The molecule has 1 aliphatic heterocycles. The number of methoxy groups -OCH3 is 1. The molecule has 1 fully saturated rings. The second-order valence-corrected chi connectivity index (χ2v) is 5.76. The highest BCUT2D eigenvalue weighted by Crippen LogP contribution is 2.32. The summed E-state index contributed by atoms with van der Waals surface area (Å²) >= 11 is 0. The van der Waals surface area contributed by atoms with Crippen molar-refractivity contribution < 1.29 is 9.53 Å². The molecule has 0 radical (unpaired) electrons. The van der Waals surface area contributed by atoms with Gasteiger partial charge in [-0.25, -0.2) is 4.79 Å². The van der Waals surface area contributed by atoms with E-state index in [1.54, 1.807) is 12.0 Å². The van der Waals surface area contributed by atoms with Gasteiger partial charge < -0.3 is 9.64 Å². The van der Waals surface area contributed by atoms with Crippen LogP contribution in [-0.2, 0) is 11.3 Å². The fourth-order valence-corrected chi connectivity index (χ4v) is 3.04. The number of carbonyl (C=O) groups is 1. The summed E-state index contributed by atoms with van der Waals surface area (Å²) in [5, 5.41) is 0. The SMILES string of the molecule is COc1ccc([C@H]2CCCN2C(=O)Cn2ccc(=O)[nH]c2=O)cc1. The number of hydrogen-bond donors (Lipinski definition) is 1. The van der Waals surface area contributed by atoms with E-state index in [9.17, 15) is 14.4 Å². The molecule has 1 aromatic carbocycles. The molecule has 2 aromatic rings. The molecule has 0 spiro atoms. The standard InChI is InChI=1S/C17H19N3O4/c1-24-13-6-4-12(5-7-13)14-3-2-9-20(14)16(22)11-19-10-8-15(21)18-17(19)23/h4-8,10,14H,2-3,9,11H2,1H3,(H,18,21,23)/t14-/m1/s1. The highest BCUT2D eigenvalue weighted by atomic mass is 16.5. The molecule has 7 nitrogen and oxygen atoms in total. The van der Waals surface area contributed by atoms with Gasteiger partial charge in [-0.05, 0) is 30.5 Å². The minimum atomic E-state index is -0.573. The Morgan fingerprint density at radius 2 is 2.00 bits per heavy atom. The zero-order valence-corrected chi connectivity index (χ0v) is 13.4. The van der Waals surface area contributed by atoms with E-state index in [0.717, 1.165) is 24.2 Å². The molecule has 1 aliphatic rings. The van der Waals surface area contributed by atoms with Gasteiger partial charge in [-0.2, -0.15) is 0 Å². The van der Waals surface area contributed by atoms with Crippen molar-refractivity contribution in [1.29, 1.82) is 0 Å². The molecule has 0 saturated carbocycles. The van der Waals surface area contributed by atoms with E-state index >= 15 is 0 Å². The van der Waals surface area contributed by atoms with Crippen molar-refractivity contribution in [2.24, 2.45) is 0 Å². The number of aromatic amines is 1. The third kappa shape index (κ3) is 3.24. The number of nitrogens with one attached hydrogen (secondary N) is 1. The molecule has 24 heavy (non-hydrogen) atoms. The Labute approximate surface area is 138 Å². The molecule has 0 aliphatic carbocycles. The Kier molecular flexibility index (Phi) is 4.50. The van der Waals surface area contributed by atoms with E-state index in [4.69, 9.17) is 4.74 Å². The largest absolute Gasteiger partial charge is 0.497 e. The molecular formula is C17H19N3O4. The summed E-state index contributed by atoms with van der Waals surface area (Å²) in [5.41, 5.74) is 0.00694. The smallest absolute Gasteiger partial charge is 0.328 e. The zero-order chi connectivity index (χ0) is 17.1. The van der Waals surface area contributed by atoms with E-state index < -0.39 is 11.2 Å². The summed E-state index contributed by atoms with van der Waals surface area (Å²) in [5.74, 6) is 0.636. The number of amides is 1. The molecule has 2 heterocycles. The van der Waals surface area contributed by atoms with Gasteiger partial charge in [0.1, 0.15) is 12.3 Å². The van der Waals surface area contributed by atoms with Crippen LogP contribution in [0, 0.1) is 0 Å². The summed E-state index contributed by atoms with van der Waals surface area (Å²) in [6.07, 6.45) is 3.15. The van der Waals surface area contributed by atoms with Crippen molar-refractivity contribution in [2.45, 2.75) is 25.4 Å². The van der Waals surface area contributed by atoms with Gasteiger partial charge in [0, 0.05) is 18.8 Å². The first-order valence-corrected chi connectivity index (χ1v) is 7.81. The number of hydrogen-bond acceptors (Lipinski definition) is 4. The first-order valence-electron chi connectivity index (χ1n) is 7.81. The van der Waals surface area contributed by atoms with Crippen LogP contribution >= 0.6 is 0 Å². The van der Waals surface area contributed by atoms with Gasteiger partial charge in [0.2, 0.25) is 5.91 Å². The molecule has 1 amide bonds. The number of benzene rings is 1. The van der Waals surface area contributed by atoms with Crippen LogP contribution in [0.25, 0.3) is 0 Å². The third-order valence-electron chi connectivity index (χ3n) is 4.28. The highest BCUT2D eigenvalue weighted by Gasteiger charge is 2.30. The number of ether oxygens (including phenoxy) is 1. The molecule has 126 valence electrons. The van der Waals surface area contributed by atoms with Crippen LogP contribution in [-0.4, -0.2) is 34.0 Å². The normalized spacial score (nSPS) is 17.0. The first kappa shape index (κ1) is 16.0. The van der Waals surface area contributed by atoms with Crippen molar-refractivity contribution in [3.8, 4) is 5.75 Å². The zero-order valence-electron chi connectivity index (χ0n) is 13.4. The van der Waals surface area contributed by atoms with Gasteiger partial charge in [-0.1, -0.05) is 12.1 Å². The third-order valence-corrected chi connectivity index (χ3v) is 4.28. The fourth-order valence-electron chi connectivity index (χ4n) is 3.04. The molecule has 0 unspecified atom stereocenters. The maximum atomic E-state index is 12.6. The van der Waals surface area contributed by atoms with E-state index in [0.29, 0.717) is 6.54 Å². The van der Waals surface area contributed by atoms with Gasteiger partial charge >= 0.3 is 5.69 Å². The van der Waals surface area contributed by atoms with Crippen molar-refractivity contribution >= 4 is 5.91 Å². The number of aromatic nitrogens is 2. The lowest BCUT2D eigenvalue weighted by atomic mass is 10.0. The van der Waals surface area contributed by atoms with Crippen molar-refractivity contribution in [3.63, 3.8) is 0 Å². The summed E-state index contributed by atoms with van der Waals surface area (Å²) in [6, 6.07) is 8.91. The van der Waals surface area contributed by atoms with Crippen LogP contribution in [0.2, 0.25) is 0 Å². The lowest BCUT2D eigenvalue weighted by molar-refractivity contribution is -0.132. The maximum absolute atomic E-state index is 12.6. The Bertz CT molecular complexity index is 838. The van der Waals surface area contributed by atoms with Crippen LogP contribution in [0.4, 0.5) is 0 Å². The monoisotopic (exact) mass is 329 g/mol. The van der Waals surface area contributed by atoms with Gasteiger partial charge in [0.15, 0.2) is 0 Å². The predicted octanol–water partition coefficient (Wildman–Crippen LogP) is 0.909. The topological polar surface area (TPSA) is 84.4 Å². The van der Waals surface area contributed by atoms with Gasteiger partial charge in [-0.15, -0.1) is 0 Å². The number of nitrogens with zero attached hydrogens (tertiary/aromatic N) is 2. The molecule has 1 aromatic heterocycles. The first-order chi connectivity index (χ1) is 11.6. The van der Waals surface area contributed by atoms with Gasteiger partial charge in [0.05, 0.1) is 13.2 Å². The molecular weight excluding hydrogens is 310 g/mol. The minimum Gasteiger partial charge on any atom is -0.497 e. The van der Waals surface area contributed by atoms with Crippen LogP contribution in [0.5, 0.6) is 5.75 Å². The van der Waals surface area contributed by atoms with Crippen molar-refractivity contribution in [2.75, 3.05) is 13.7 Å². The Balaban J connectivity index is 1.77. The van der Waals surface area contributed by atoms with E-state index in [1.165, 1.54) is 16.8 Å². The minimum absolute atomic E-state index is 0.00173. The van der Waals surface area contributed by atoms with Crippen LogP contribution in [0.1, 0.15) is 24.4 Å². The summed E-state index contributed by atoms with van der Waals surface area (Å²) < 4.78 is 6.38. The summed E-state index contributed by atoms with van der Waals surface area (Å²) in [6.45, 7) is 0.579. The van der Waals surface area contributed by atoms with E-state index in [1.807, 2.05) is 24.3 Å². The number of likely N-dealkylation sites (tertiary alicyclic amines) is 1. The van der Waals surface area contributed by atoms with Crippen molar-refractivity contribution in [3.05, 3.63) is 62.9 Å². The average Bonchev–Trinajstić information content (AvgIpc) is 3.07. The number of H-pyrrole nitrogens is 1. The van der Waals surface area contributed by atoms with E-state index in [2.05, 4.69) is 4.98 Å². The lowest BCUT2D eigenvalue weighted by Crippen LogP contribution is -2.38. The average molecular weight is 329 g/mol. The molecule has 1 atom stereocenters. The summed E-state index contributed by atoms with van der Waals surface area (Å²) in [4.78, 5) is 39.4. The number of carbonyl (C=O) groups excluding carboxylic acids is 1. The van der Waals surface area contributed by atoms with Gasteiger partial charge in [-0.3, -0.25) is 19.1 Å². The lowest BCUT2D eigenvalue weighted by Gasteiger charge is -2.25. The highest BCUT2D eigenvalue weighted by molar-refractivity contribution is 5.76. The Morgan fingerprint density at radius 1 is 1.25 bits per heavy atom. The van der Waals surface area contributed by atoms with Crippen molar-refractivity contribution in [1.82, 2.24) is 14.5 Å². The molecule has 3 rings (SSSR count). The second kappa shape index (κ2) is 6.74. The van der Waals surface area contributed by atoms with Crippen LogP contribution in [0.15, 0.2) is 46.1 Å². The quantitative estimate of drug-likeness (QED) is 0.903. The van der Waals surface area contributed by atoms with Gasteiger partial charge in [0.25, 0.3) is 5.56 Å². The Hall–Kier alpha value is -2.83. The second-order valence-electron chi connectivity index (χ2n) is 5.76. The molecule has 7 heteroatoms. The molecule has 1 saturated heterocycles. The van der Waals surface area contributed by atoms with E-state index in [-0.39, 0.29) is 18.5 Å². The van der Waals surface area contributed by atoms with Crippen LogP contribution < -0.4 is 16.0 Å². The summed E-state index contributed by atoms with van der Waals surface area (Å²) in [7, 11) is 1.61. The maximum Gasteiger partial charge on any atom is 0.328 e. The van der Waals surface area contributed by atoms with Crippen LogP contribution in [0.3, 0.4) is 0 Å². The molecule has 0 bridgehead atoms.